The molecular weight excluding hydrogens is 481 g/mol. The Labute approximate surface area is 194 Å². The van der Waals surface area contributed by atoms with Crippen molar-refractivity contribution in [2.45, 2.75) is 31.4 Å². The topological polar surface area (TPSA) is 97.4 Å². The number of halogens is 2. The lowest BCUT2D eigenvalue weighted by atomic mass is 10.2. The maximum absolute atomic E-state index is 12.4. The Hall–Kier alpha value is -2.17. The molecule has 0 aliphatic carbocycles. The number of thiazole rings is 1. The van der Waals surface area contributed by atoms with Crippen molar-refractivity contribution in [3.05, 3.63) is 69.1 Å². The third kappa shape index (κ3) is 6.41. The van der Waals surface area contributed by atoms with E-state index in [2.05, 4.69) is 15.0 Å². The maximum atomic E-state index is 12.4. The van der Waals surface area contributed by atoms with E-state index in [4.69, 9.17) is 27.9 Å². The molecule has 11 heteroatoms. The SMILES string of the molecule is Cc1ccc(Nc2nc(COC(=O)[C@H](C)NS(=O)(=O)c3ccc(Cl)c(Cl)c3)cs2)cc1. The molecule has 1 heterocycles. The Kier molecular flexibility index (Phi) is 7.55. The Balaban J connectivity index is 1.54. The quantitative estimate of drug-likeness (QED) is 0.427. The summed E-state index contributed by atoms with van der Waals surface area (Å²) in [5.41, 5.74) is 2.60. The van der Waals surface area contributed by atoms with E-state index >= 15 is 0 Å². The number of benzene rings is 2. The number of aromatic nitrogens is 1. The summed E-state index contributed by atoms with van der Waals surface area (Å²) in [7, 11) is -3.98. The highest BCUT2D eigenvalue weighted by atomic mass is 35.5. The second kappa shape index (κ2) is 9.97. The smallest absolute Gasteiger partial charge is 0.324 e. The second-order valence-corrected chi connectivity index (χ2v) is 10.0. The minimum absolute atomic E-state index is 0.0796. The number of aryl methyl sites for hydroxylation is 1. The molecule has 3 aromatic rings. The summed E-state index contributed by atoms with van der Waals surface area (Å²) in [4.78, 5) is 16.5. The fourth-order valence-electron chi connectivity index (χ4n) is 2.45. The third-order valence-corrected chi connectivity index (χ3v) is 7.19. The minimum Gasteiger partial charge on any atom is -0.458 e. The first-order valence-electron chi connectivity index (χ1n) is 9.06. The van der Waals surface area contributed by atoms with E-state index in [1.807, 2.05) is 31.2 Å². The van der Waals surface area contributed by atoms with Crippen LogP contribution in [0.5, 0.6) is 0 Å². The Morgan fingerprint density at radius 2 is 1.87 bits per heavy atom. The molecule has 0 saturated carbocycles. The summed E-state index contributed by atoms with van der Waals surface area (Å²) >= 11 is 13.0. The van der Waals surface area contributed by atoms with Crippen LogP contribution in [-0.2, 0) is 26.2 Å². The molecule has 0 spiro atoms. The highest BCUT2D eigenvalue weighted by molar-refractivity contribution is 7.89. The summed E-state index contributed by atoms with van der Waals surface area (Å²) < 4.78 is 32.3. The molecule has 7 nitrogen and oxygen atoms in total. The van der Waals surface area contributed by atoms with Gasteiger partial charge in [0.05, 0.1) is 20.6 Å². The van der Waals surface area contributed by atoms with Crippen LogP contribution < -0.4 is 10.0 Å². The van der Waals surface area contributed by atoms with Crippen molar-refractivity contribution in [3.63, 3.8) is 0 Å². The normalized spacial score (nSPS) is 12.4. The molecule has 164 valence electrons. The molecule has 0 radical (unpaired) electrons. The van der Waals surface area contributed by atoms with Gasteiger partial charge in [-0.3, -0.25) is 4.79 Å². The van der Waals surface area contributed by atoms with Gasteiger partial charge in [0, 0.05) is 11.1 Å². The second-order valence-electron chi connectivity index (χ2n) is 6.66. The van der Waals surface area contributed by atoms with Crippen molar-refractivity contribution in [2.24, 2.45) is 0 Å². The molecule has 0 aliphatic heterocycles. The van der Waals surface area contributed by atoms with Gasteiger partial charge < -0.3 is 10.1 Å². The average molecular weight is 500 g/mol. The van der Waals surface area contributed by atoms with Crippen LogP contribution in [0.3, 0.4) is 0 Å². The molecule has 0 aliphatic rings. The molecule has 3 rings (SSSR count). The first-order chi connectivity index (χ1) is 14.6. The van der Waals surface area contributed by atoms with Crippen molar-refractivity contribution in [2.75, 3.05) is 5.32 Å². The number of sulfonamides is 1. The predicted molar refractivity (Wildman–Crippen MR) is 123 cm³/mol. The van der Waals surface area contributed by atoms with E-state index in [0.717, 1.165) is 11.3 Å². The van der Waals surface area contributed by atoms with Gasteiger partial charge in [-0.15, -0.1) is 11.3 Å². The zero-order valence-corrected chi connectivity index (χ0v) is 19.7. The van der Waals surface area contributed by atoms with Crippen LogP contribution in [0.15, 0.2) is 52.7 Å². The largest absolute Gasteiger partial charge is 0.458 e. The van der Waals surface area contributed by atoms with Crippen LogP contribution in [0.2, 0.25) is 10.0 Å². The van der Waals surface area contributed by atoms with Gasteiger partial charge in [0.2, 0.25) is 10.0 Å². The zero-order valence-electron chi connectivity index (χ0n) is 16.6. The Morgan fingerprint density at radius 3 is 2.55 bits per heavy atom. The first-order valence-corrected chi connectivity index (χ1v) is 12.2. The zero-order chi connectivity index (χ0) is 22.6. The molecule has 0 bridgehead atoms. The van der Waals surface area contributed by atoms with Gasteiger partial charge in [-0.25, -0.2) is 13.4 Å². The van der Waals surface area contributed by atoms with E-state index < -0.39 is 22.0 Å². The van der Waals surface area contributed by atoms with Gasteiger partial charge in [-0.2, -0.15) is 4.72 Å². The summed E-state index contributed by atoms with van der Waals surface area (Å²) in [5, 5.41) is 5.91. The molecule has 0 unspecified atom stereocenters. The number of rotatable bonds is 8. The summed E-state index contributed by atoms with van der Waals surface area (Å²) in [6.45, 7) is 3.32. The van der Waals surface area contributed by atoms with E-state index in [1.165, 1.54) is 36.5 Å². The molecular formula is C20H19Cl2N3O4S2. The van der Waals surface area contributed by atoms with Crippen LogP contribution in [0.4, 0.5) is 10.8 Å². The standard InChI is InChI=1S/C20H19Cl2N3O4S2/c1-12-3-5-14(6-4-12)23-20-24-15(11-30-20)10-29-19(26)13(2)25-31(27,28)16-7-8-17(21)18(22)9-16/h3-9,11,13,25H,10H2,1-2H3,(H,23,24)/t13-/m0/s1. The van der Waals surface area contributed by atoms with Crippen molar-refractivity contribution in [3.8, 4) is 0 Å². The summed E-state index contributed by atoms with van der Waals surface area (Å²) in [5.74, 6) is -0.732. The number of nitrogens with one attached hydrogen (secondary N) is 2. The fraction of sp³-hybridized carbons (Fsp3) is 0.200. The molecule has 31 heavy (non-hydrogen) atoms. The lowest BCUT2D eigenvalue weighted by Gasteiger charge is -2.13. The molecule has 0 fully saturated rings. The third-order valence-electron chi connectivity index (χ3n) is 4.10. The lowest BCUT2D eigenvalue weighted by molar-refractivity contribution is -0.146. The van der Waals surface area contributed by atoms with Crippen LogP contribution >= 0.6 is 34.5 Å². The number of esters is 1. The molecule has 0 saturated heterocycles. The van der Waals surface area contributed by atoms with E-state index in [0.29, 0.717) is 10.8 Å². The number of carbonyl (C=O) groups excluding carboxylic acids is 1. The van der Waals surface area contributed by atoms with Crippen LogP contribution in [0.25, 0.3) is 0 Å². The van der Waals surface area contributed by atoms with E-state index in [1.54, 1.807) is 5.38 Å². The number of carbonyl (C=O) groups is 1. The van der Waals surface area contributed by atoms with Crippen molar-refractivity contribution < 1.29 is 17.9 Å². The van der Waals surface area contributed by atoms with Crippen LogP contribution in [0, 0.1) is 6.92 Å². The highest BCUT2D eigenvalue weighted by Gasteiger charge is 2.24. The summed E-state index contributed by atoms with van der Waals surface area (Å²) in [6.07, 6.45) is 0. The minimum atomic E-state index is -3.98. The summed E-state index contributed by atoms with van der Waals surface area (Å²) in [6, 6.07) is 10.6. The van der Waals surface area contributed by atoms with Gasteiger partial charge in [0.25, 0.3) is 0 Å². The van der Waals surface area contributed by atoms with Crippen LogP contribution in [-0.4, -0.2) is 25.4 Å². The maximum Gasteiger partial charge on any atom is 0.324 e. The average Bonchev–Trinajstić information content (AvgIpc) is 3.16. The van der Waals surface area contributed by atoms with Gasteiger partial charge >= 0.3 is 5.97 Å². The van der Waals surface area contributed by atoms with Crippen molar-refractivity contribution in [1.29, 1.82) is 0 Å². The van der Waals surface area contributed by atoms with E-state index in [-0.39, 0.29) is 21.5 Å². The predicted octanol–water partition coefficient (Wildman–Crippen LogP) is 4.91. The number of hydrogen-bond acceptors (Lipinski definition) is 7. The first kappa shape index (κ1) is 23.5. The number of ether oxygens (including phenoxy) is 1. The number of anilines is 2. The Bertz CT molecular complexity index is 1180. The van der Waals surface area contributed by atoms with Gasteiger partial charge in [-0.1, -0.05) is 40.9 Å². The van der Waals surface area contributed by atoms with E-state index in [9.17, 15) is 13.2 Å². The molecule has 2 aromatic carbocycles. The fourth-order valence-corrected chi connectivity index (χ4v) is 4.75. The highest BCUT2D eigenvalue weighted by Crippen LogP contribution is 2.25. The Morgan fingerprint density at radius 1 is 1.16 bits per heavy atom. The lowest BCUT2D eigenvalue weighted by Crippen LogP contribution is -2.39. The van der Waals surface area contributed by atoms with Crippen molar-refractivity contribution >= 4 is 61.4 Å². The molecule has 2 N–H and O–H groups in total. The number of hydrogen-bond donors (Lipinski definition) is 2. The van der Waals surface area contributed by atoms with Gasteiger partial charge in [0.15, 0.2) is 5.13 Å². The monoisotopic (exact) mass is 499 g/mol. The molecule has 1 aromatic heterocycles. The molecule has 0 amide bonds. The van der Waals surface area contributed by atoms with Gasteiger partial charge in [0.1, 0.15) is 12.6 Å². The number of nitrogens with zero attached hydrogens (tertiary/aromatic N) is 1. The van der Waals surface area contributed by atoms with Crippen LogP contribution in [0.1, 0.15) is 18.2 Å². The van der Waals surface area contributed by atoms with Gasteiger partial charge in [-0.05, 0) is 44.2 Å². The molecule has 1 atom stereocenters. The van der Waals surface area contributed by atoms with Crippen molar-refractivity contribution in [1.82, 2.24) is 9.71 Å².